The van der Waals surface area contributed by atoms with Crippen LogP contribution in [0.25, 0.3) is 0 Å². The third-order valence-electron chi connectivity index (χ3n) is 6.84. The van der Waals surface area contributed by atoms with Gasteiger partial charge in [0, 0.05) is 47.8 Å². The quantitative estimate of drug-likeness (QED) is 0.301. The van der Waals surface area contributed by atoms with Crippen LogP contribution in [0.15, 0.2) is 0 Å². The summed E-state index contributed by atoms with van der Waals surface area (Å²) in [5, 5.41) is 4.09. The van der Waals surface area contributed by atoms with E-state index < -0.39 is 11.9 Å². The van der Waals surface area contributed by atoms with E-state index in [0.717, 1.165) is 12.8 Å². The molecule has 35 heavy (non-hydrogen) atoms. The van der Waals surface area contributed by atoms with Crippen LogP contribution in [0.5, 0.6) is 0 Å². The van der Waals surface area contributed by atoms with Crippen LogP contribution in [0, 0.1) is 0 Å². The Kier molecular flexibility index (Phi) is 9.81. The normalized spacial score (nSPS) is 24.7. The lowest BCUT2D eigenvalue weighted by Gasteiger charge is -2.53. The maximum absolute atomic E-state index is 12.7. The Balaban J connectivity index is 1.92. The highest BCUT2D eigenvalue weighted by atomic mass is 16.7. The van der Waals surface area contributed by atoms with E-state index in [1.165, 1.54) is 0 Å². The summed E-state index contributed by atoms with van der Waals surface area (Å²) < 4.78 is 11.5. The van der Waals surface area contributed by atoms with Crippen molar-refractivity contribution in [1.82, 2.24) is 10.1 Å². The zero-order chi connectivity index (χ0) is 26.7. The van der Waals surface area contributed by atoms with E-state index in [0.29, 0.717) is 38.9 Å². The van der Waals surface area contributed by atoms with E-state index in [1.54, 1.807) is 0 Å². The molecule has 2 saturated heterocycles. The molecule has 0 radical (unpaired) electrons. The first-order valence-corrected chi connectivity index (χ1v) is 13.3. The van der Waals surface area contributed by atoms with Crippen LogP contribution in [-0.2, 0) is 28.7 Å². The summed E-state index contributed by atoms with van der Waals surface area (Å²) in [6, 6.07) is 0. The van der Waals surface area contributed by atoms with Gasteiger partial charge in [0.05, 0.1) is 13.2 Å². The molecular formula is C27H50N2O6. The van der Waals surface area contributed by atoms with Gasteiger partial charge in [-0.3, -0.25) is 19.3 Å². The maximum atomic E-state index is 12.7. The summed E-state index contributed by atoms with van der Waals surface area (Å²) in [5.41, 5.74) is -1.19. The van der Waals surface area contributed by atoms with Crippen LogP contribution in [0.2, 0.25) is 0 Å². The van der Waals surface area contributed by atoms with Gasteiger partial charge >= 0.3 is 11.9 Å². The fourth-order valence-corrected chi connectivity index (χ4v) is 6.15. The lowest BCUT2D eigenvalue weighted by atomic mass is 9.80. The highest BCUT2D eigenvalue weighted by Crippen LogP contribution is 2.41. The molecule has 8 heteroatoms. The summed E-state index contributed by atoms with van der Waals surface area (Å²) in [7, 11) is 0. The Morgan fingerprint density at radius 1 is 0.629 bits per heavy atom. The van der Waals surface area contributed by atoms with Crippen LogP contribution in [0.3, 0.4) is 0 Å². The van der Waals surface area contributed by atoms with Gasteiger partial charge in [-0.25, -0.2) is 0 Å². The minimum Gasteiger partial charge on any atom is -0.462 e. The standard InChI is InChI=1S/C27H50N2O6/c1-11-13-32-28-24(3,4)16-20(17-25(28,5)6)34-22(30)15-23(31)35-21-18-26(7,8)29(33-14-12-2)27(9,10)19-21/h20-21H,11-19H2,1-10H3. The zero-order valence-electron chi connectivity index (χ0n) is 23.9. The molecule has 0 atom stereocenters. The Morgan fingerprint density at radius 3 is 1.17 bits per heavy atom. The van der Waals surface area contributed by atoms with Crippen LogP contribution in [0.4, 0.5) is 0 Å². The zero-order valence-corrected chi connectivity index (χ0v) is 23.9. The molecule has 0 saturated carbocycles. The summed E-state index contributed by atoms with van der Waals surface area (Å²) >= 11 is 0. The van der Waals surface area contributed by atoms with E-state index in [-0.39, 0.29) is 40.8 Å². The second kappa shape index (κ2) is 11.4. The minimum absolute atomic E-state index is 0.279. The first-order valence-electron chi connectivity index (χ1n) is 13.3. The Bertz CT molecular complexity index is 637. The molecule has 0 aromatic rings. The van der Waals surface area contributed by atoms with Crippen LogP contribution >= 0.6 is 0 Å². The number of nitrogens with zero attached hydrogens (tertiary/aromatic N) is 2. The minimum atomic E-state index is -0.531. The number of hydrogen-bond acceptors (Lipinski definition) is 8. The van der Waals surface area contributed by atoms with Crippen molar-refractivity contribution in [2.45, 2.75) is 149 Å². The molecule has 0 amide bonds. The van der Waals surface area contributed by atoms with Crippen LogP contribution in [0.1, 0.15) is 114 Å². The van der Waals surface area contributed by atoms with Crippen molar-refractivity contribution in [2.24, 2.45) is 0 Å². The van der Waals surface area contributed by atoms with Crippen molar-refractivity contribution in [1.29, 1.82) is 0 Å². The number of carbonyl (C=O) groups is 2. The molecule has 2 aliphatic heterocycles. The number of piperidine rings is 2. The van der Waals surface area contributed by atoms with Gasteiger partial charge in [0.2, 0.25) is 0 Å². The Labute approximate surface area is 212 Å². The molecule has 0 aromatic carbocycles. The predicted octanol–water partition coefficient (Wildman–Crippen LogP) is 5.19. The Hall–Kier alpha value is -1.22. The number of ether oxygens (including phenoxy) is 2. The largest absolute Gasteiger partial charge is 0.462 e. The molecule has 0 aromatic heterocycles. The third kappa shape index (κ3) is 7.88. The number of carbonyl (C=O) groups excluding carboxylic acids is 2. The number of hydrogen-bond donors (Lipinski definition) is 0. The van der Waals surface area contributed by atoms with Crippen LogP contribution in [-0.4, -0.2) is 69.6 Å². The smallest absolute Gasteiger partial charge is 0.317 e. The fourth-order valence-electron chi connectivity index (χ4n) is 6.15. The molecule has 0 spiro atoms. The monoisotopic (exact) mass is 498 g/mol. The first-order chi connectivity index (χ1) is 16.0. The third-order valence-corrected chi connectivity index (χ3v) is 6.84. The predicted molar refractivity (Wildman–Crippen MR) is 135 cm³/mol. The number of hydroxylamine groups is 4. The van der Waals surface area contributed by atoms with Crippen LogP contribution < -0.4 is 0 Å². The SMILES string of the molecule is CCCON1C(C)(C)CC(OC(=O)CC(=O)OC2CC(C)(C)N(OCCC)C(C)(C)C2)CC1(C)C. The van der Waals surface area contributed by atoms with Gasteiger partial charge in [-0.1, -0.05) is 13.8 Å². The van der Waals surface area contributed by atoms with Crippen molar-refractivity contribution in [3.63, 3.8) is 0 Å². The van der Waals surface area contributed by atoms with Gasteiger partial charge in [0.25, 0.3) is 0 Å². The highest BCUT2D eigenvalue weighted by molar-refractivity contribution is 5.91. The average molecular weight is 499 g/mol. The van der Waals surface area contributed by atoms with Gasteiger partial charge in [0.15, 0.2) is 0 Å². The summed E-state index contributed by atoms with van der Waals surface area (Å²) in [4.78, 5) is 37.4. The average Bonchev–Trinajstić information content (AvgIpc) is 2.64. The number of rotatable bonds is 10. The summed E-state index contributed by atoms with van der Waals surface area (Å²) in [6.07, 6.45) is 3.49. The molecule has 2 aliphatic rings. The molecule has 0 N–H and O–H groups in total. The van der Waals surface area contributed by atoms with Gasteiger partial charge in [-0.05, 0) is 68.2 Å². The van der Waals surface area contributed by atoms with Gasteiger partial charge in [-0.2, -0.15) is 10.1 Å². The van der Waals surface area contributed by atoms with Crippen molar-refractivity contribution in [3.8, 4) is 0 Å². The molecular weight excluding hydrogens is 448 g/mol. The van der Waals surface area contributed by atoms with Crippen molar-refractivity contribution in [3.05, 3.63) is 0 Å². The highest BCUT2D eigenvalue weighted by Gasteiger charge is 2.49. The molecule has 204 valence electrons. The molecule has 0 aliphatic carbocycles. The molecule has 2 heterocycles. The second-order valence-corrected chi connectivity index (χ2v) is 12.7. The van der Waals surface area contributed by atoms with Gasteiger partial charge in [0.1, 0.15) is 18.6 Å². The first kappa shape index (κ1) is 30.0. The molecule has 0 bridgehead atoms. The molecule has 2 rings (SSSR count). The van der Waals surface area contributed by atoms with E-state index in [9.17, 15) is 9.59 Å². The topological polar surface area (TPSA) is 77.5 Å². The number of esters is 2. The maximum Gasteiger partial charge on any atom is 0.317 e. The lowest BCUT2D eigenvalue weighted by molar-refractivity contribution is -0.293. The molecule has 0 unspecified atom stereocenters. The summed E-state index contributed by atoms with van der Waals surface area (Å²) in [6.45, 7) is 22.2. The van der Waals surface area contributed by atoms with E-state index in [1.807, 2.05) is 10.1 Å². The summed E-state index contributed by atoms with van der Waals surface area (Å²) in [5.74, 6) is -1.06. The Morgan fingerprint density at radius 2 is 0.914 bits per heavy atom. The van der Waals surface area contributed by atoms with Crippen molar-refractivity contribution >= 4 is 11.9 Å². The van der Waals surface area contributed by atoms with Crippen molar-refractivity contribution < 1.29 is 28.7 Å². The van der Waals surface area contributed by atoms with E-state index >= 15 is 0 Å². The molecule has 8 nitrogen and oxygen atoms in total. The van der Waals surface area contributed by atoms with E-state index in [4.69, 9.17) is 19.1 Å². The fraction of sp³-hybridized carbons (Fsp3) is 0.926. The van der Waals surface area contributed by atoms with Gasteiger partial charge in [-0.15, -0.1) is 0 Å². The van der Waals surface area contributed by atoms with Crippen molar-refractivity contribution in [2.75, 3.05) is 13.2 Å². The molecule has 2 fully saturated rings. The van der Waals surface area contributed by atoms with Gasteiger partial charge < -0.3 is 9.47 Å². The van der Waals surface area contributed by atoms with E-state index in [2.05, 4.69) is 69.2 Å². The second-order valence-electron chi connectivity index (χ2n) is 12.7. The lowest BCUT2D eigenvalue weighted by Crippen LogP contribution is -2.62.